The summed E-state index contributed by atoms with van der Waals surface area (Å²) in [7, 11) is 0. The Bertz CT molecular complexity index is 9720. The molecular formula is C144H111N3O. The van der Waals surface area contributed by atoms with Crippen molar-refractivity contribution >= 4 is 120 Å². The normalized spacial score (nSPS) is 24.7. The summed E-state index contributed by atoms with van der Waals surface area (Å²) in [6.07, 6.45) is 21.5. The molecule has 4 heteroatoms. The van der Waals surface area contributed by atoms with E-state index in [-0.39, 0.29) is 16.2 Å². The molecule has 39 rings (SSSR count). The average molecular weight is 1900 g/mol. The Kier molecular flexibility index (Phi) is 17.6. The molecule has 4 heterocycles. The SMILES string of the molecule is c1ccc(-c2cccc(-n3c4ccc(-c5ccc6c(c5)-c5ccccc5C65C6CC7CC(C6)CC5C7)cc4c4c5ccccc5ccc43)c2)cc1.c1ccc(-n2c3ccc(-c4ccc5c(c4)-c4ccccc4C54C5CC6CC(C5)CC4C6)cc3c3c4ccccc4ccc32)cc1.c1ccc2c(c1)-c1cc(-c3ccc4c(c3)c3c5ccccc5ccc3n4-c3ccc4oc5ccccc5c4c3)ccc1C21C2CC3CC(C2)CC1C3. The third kappa shape index (κ3) is 11.6. The zero-order valence-corrected chi connectivity index (χ0v) is 83.1. The van der Waals surface area contributed by atoms with E-state index in [1.807, 2.05) is 6.07 Å². The smallest absolute Gasteiger partial charge is 0.135 e. The molecule has 0 unspecified atom stereocenters. The molecule has 15 aliphatic carbocycles. The van der Waals surface area contributed by atoms with Crippen molar-refractivity contribution < 1.29 is 4.42 Å². The summed E-state index contributed by atoms with van der Waals surface area (Å²) in [5.74, 6) is 10.5. The number of hydrogen-bond acceptors (Lipinski definition) is 1. The van der Waals surface area contributed by atoms with E-state index in [0.717, 1.165) is 98.6 Å². The van der Waals surface area contributed by atoms with Crippen LogP contribution in [0.3, 0.4) is 0 Å². The topological polar surface area (TPSA) is 27.9 Å². The minimum Gasteiger partial charge on any atom is -0.456 e. The minimum absolute atomic E-state index is 0.204. The van der Waals surface area contributed by atoms with Crippen molar-refractivity contribution in [3.8, 4) is 95.0 Å². The van der Waals surface area contributed by atoms with E-state index in [9.17, 15) is 0 Å². The van der Waals surface area contributed by atoms with Crippen LogP contribution in [0.25, 0.3) is 215 Å². The van der Waals surface area contributed by atoms with Crippen LogP contribution in [0.4, 0.5) is 0 Å². The number of nitrogens with zero attached hydrogens (tertiary/aromatic N) is 3. The Balaban J connectivity index is 0.0000000951. The van der Waals surface area contributed by atoms with Crippen LogP contribution in [-0.4, -0.2) is 13.7 Å². The highest BCUT2D eigenvalue weighted by molar-refractivity contribution is 6.25. The van der Waals surface area contributed by atoms with Crippen LogP contribution in [0.5, 0.6) is 0 Å². The lowest BCUT2D eigenvalue weighted by Gasteiger charge is -2.61. The summed E-state index contributed by atoms with van der Waals surface area (Å²) >= 11 is 0. The third-order valence-electron chi connectivity index (χ3n) is 40.5. The van der Waals surface area contributed by atoms with Crippen molar-refractivity contribution in [1.29, 1.82) is 0 Å². The number of fused-ring (bicyclic) bond motifs is 27. The summed E-state index contributed by atoms with van der Waals surface area (Å²) in [5, 5.41) is 18.0. The molecule has 3 spiro atoms. The Morgan fingerprint density at radius 3 is 0.865 bits per heavy atom. The highest BCUT2D eigenvalue weighted by Crippen LogP contribution is 2.74. The molecule has 12 bridgehead atoms. The molecule has 15 aliphatic rings. The zero-order valence-electron chi connectivity index (χ0n) is 83.1. The lowest BCUT2D eigenvalue weighted by Crippen LogP contribution is -2.55. The predicted molar refractivity (Wildman–Crippen MR) is 614 cm³/mol. The van der Waals surface area contributed by atoms with Crippen LogP contribution < -0.4 is 0 Å². The molecule has 0 atom stereocenters. The van der Waals surface area contributed by atoms with Crippen molar-refractivity contribution in [2.75, 3.05) is 0 Å². The lowest BCUT2D eigenvalue weighted by molar-refractivity contribution is -0.0399. The van der Waals surface area contributed by atoms with E-state index in [4.69, 9.17) is 4.42 Å². The van der Waals surface area contributed by atoms with Crippen molar-refractivity contribution in [2.45, 2.75) is 113 Å². The van der Waals surface area contributed by atoms with Gasteiger partial charge in [-0.25, -0.2) is 0 Å². The van der Waals surface area contributed by atoms with Gasteiger partial charge in [-0.2, -0.15) is 0 Å². The van der Waals surface area contributed by atoms with Gasteiger partial charge in [0.15, 0.2) is 0 Å². The number of hydrogen-bond donors (Lipinski definition) is 0. The number of rotatable bonds is 7. The molecule has 0 amide bonds. The second-order valence-electron chi connectivity index (χ2n) is 47.2. The second kappa shape index (κ2) is 31.2. The molecule has 0 N–H and O–H groups in total. The molecular weight excluding hydrogens is 1790 g/mol. The van der Waals surface area contributed by atoms with Crippen molar-refractivity contribution in [2.24, 2.45) is 71.0 Å². The molecule has 20 aromatic carbocycles. The first-order valence-corrected chi connectivity index (χ1v) is 55.5. The van der Waals surface area contributed by atoms with Gasteiger partial charge < -0.3 is 18.1 Å². The summed E-state index contributed by atoms with van der Waals surface area (Å²) in [6.45, 7) is 0. The molecule has 24 aromatic rings. The van der Waals surface area contributed by atoms with Crippen molar-refractivity contribution in [3.05, 3.63) is 452 Å². The Morgan fingerprint density at radius 1 is 0.169 bits per heavy atom. The molecule has 4 aromatic heterocycles. The quantitative estimate of drug-likeness (QED) is 0.156. The van der Waals surface area contributed by atoms with E-state index in [2.05, 4.69) is 426 Å². The van der Waals surface area contributed by atoms with Gasteiger partial charge in [0.1, 0.15) is 11.2 Å². The summed E-state index contributed by atoms with van der Waals surface area (Å²) in [4.78, 5) is 0. The Hall–Kier alpha value is -15.6. The van der Waals surface area contributed by atoms with Crippen molar-refractivity contribution in [3.63, 3.8) is 0 Å². The number of benzene rings is 20. The van der Waals surface area contributed by atoms with Crippen LogP contribution in [0.15, 0.2) is 423 Å². The molecule has 12 saturated carbocycles. The molecule has 0 aliphatic heterocycles. The second-order valence-corrected chi connectivity index (χ2v) is 47.2. The van der Waals surface area contributed by atoms with Gasteiger partial charge in [0.25, 0.3) is 0 Å². The van der Waals surface area contributed by atoms with Gasteiger partial charge in [0.05, 0.1) is 33.1 Å². The fourth-order valence-electron chi connectivity index (χ4n) is 35.6. The van der Waals surface area contributed by atoms with Gasteiger partial charge in [-0.05, 0) is 432 Å². The van der Waals surface area contributed by atoms with Crippen LogP contribution >= 0.6 is 0 Å². The number of para-hydroxylation sites is 2. The van der Waals surface area contributed by atoms with E-state index < -0.39 is 0 Å². The van der Waals surface area contributed by atoms with Gasteiger partial charge in [-0.3, -0.25) is 0 Å². The van der Waals surface area contributed by atoms with E-state index in [0.29, 0.717) is 0 Å². The molecule has 12 fully saturated rings. The molecule has 4 nitrogen and oxygen atoms in total. The van der Waals surface area contributed by atoms with E-state index in [1.54, 1.807) is 33.4 Å². The molecule has 0 saturated heterocycles. The van der Waals surface area contributed by atoms with Gasteiger partial charge >= 0.3 is 0 Å². The fourth-order valence-corrected chi connectivity index (χ4v) is 35.6. The van der Waals surface area contributed by atoms with E-state index in [1.165, 1.54) is 283 Å². The van der Waals surface area contributed by atoms with Gasteiger partial charge in [0.2, 0.25) is 0 Å². The highest BCUT2D eigenvalue weighted by atomic mass is 16.3. The van der Waals surface area contributed by atoms with Gasteiger partial charge in [-0.15, -0.1) is 0 Å². The maximum atomic E-state index is 6.23. The minimum atomic E-state index is 0.204. The summed E-state index contributed by atoms with van der Waals surface area (Å²) < 4.78 is 13.6. The molecule has 708 valence electrons. The largest absolute Gasteiger partial charge is 0.456 e. The van der Waals surface area contributed by atoms with E-state index >= 15 is 0 Å². The third-order valence-corrected chi connectivity index (χ3v) is 40.5. The Labute approximate surface area is 862 Å². The standard InChI is InChI=1S/C50H37NO.C50H39N.C44H35N/c1-2-8-37-31(7-1)14-19-46-49(37)42-27-33(15-18-45(42)51(46)36-16-20-48-41(28-36)39-10-4-6-12-47(39)52-48)32-13-17-44-40(26-32)38-9-3-5-11-43(38)50(44)34-22-29-21-30(24-34)25-35(50)23-29;1-2-9-33(10-3-1)35-12-8-13-40(28-35)51-47-21-19-37(30-44(47)49-41-14-5-4-11-34(41)18-22-48(49)51)36-17-20-46-43(29-36)42-15-6-7-16-45(42)50(46)38-24-31-23-32(26-38)27-39(50)25-31;1-2-9-34(10-3-1)45-41-18-16-31(26-38(41)43-35-11-5-4-8-29(35)15-19-42(43)45)30-14-17-40-37(25-30)36-12-6-7-13-39(36)44(40)32-21-27-20-28(23-32)24-33(44)22-27/h1-20,26-30,34-35H,21-25H2;1-22,28-32,38-39H,23-27H2;1-19,25-28,32-33H,20-24H2. The molecule has 148 heavy (non-hydrogen) atoms. The van der Waals surface area contributed by atoms with Crippen LogP contribution in [0, 0.1) is 71.0 Å². The van der Waals surface area contributed by atoms with Gasteiger partial charge in [-0.1, -0.05) is 297 Å². The summed E-state index contributed by atoms with van der Waals surface area (Å²) in [6, 6.07) is 159. The van der Waals surface area contributed by atoms with Crippen molar-refractivity contribution in [1.82, 2.24) is 13.7 Å². The first-order valence-electron chi connectivity index (χ1n) is 55.5. The first-order chi connectivity index (χ1) is 73.2. The predicted octanol–water partition coefficient (Wildman–Crippen LogP) is 37.5. The Morgan fingerprint density at radius 2 is 0.459 bits per heavy atom. The van der Waals surface area contributed by atoms with Crippen LogP contribution in [0.2, 0.25) is 0 Å². The maximum absolute atomic E-state index is 6.23. The lowest BCUT2D eigenvalue weighted by atomic mass is 9.43. The van der Waals surface area contributed by atoms with Gasteiger partial charge in [0, 0.05) is 76.4 Å². The number of aromatic nitrogens is 3. The number of furan rings is 1. The summed E-state index contributed by atoms with van der Waals surface area (Å²) in [5.41, 5.74) is 42.5. The van der Waals surface area contributed by atoms with Crippen LogP contribution in [0.1, 0.15) is 130 Å². The fraction of sp³-hybridized carbons (Fsp3) is 0.208. The first kappa shape index (κ1) is 83.5. The average Bonchev–Trinajstić information content (AvgIpc) is 1.50. The maximum Gasteiger partial charge on any atom is 0.135 e. The highest BCUT2D eigenvalue weighted by Gasteiger charge is 2.65. The monoisotopic (exact) mass is 1900 g/mol. The zero-order chi connectivity index (χ0) is 96.2. The molecule has 0 radical (unpaired) electrons. The van der Waals surface area contributed by atoms with Crippen LogP contribution in [-0.2, 0) is 16.2 Å².